The second-order valence-corrected chi connectivity index (χ2v) is 7.44. The number of primary amides is 1. The van der Waals surface area contributed by atoms with Crippen molar-refractivity contribution < 1.29 is 4.79 Å². The van der Waals surface area contributed by atoms with Crippen LogP contribution in [0.5, 0.6) is 0 Å². The lowest BCUT2D eigenvalue weighted by molar-refractivity contribution is -0.106. The fraction of sp³-hybridized carbons (Fsp3) is 0.280. The Bertz CT molecular complexity index is 912. The molecule has 1 unspecified atom stereocenters. The van der Waals surface area contributed by atoms with Crippen LogP contribution in [0, 0.1) is 19.8 Å². The first-order valence-corrected chi connectivity index (χ1v) is 9.90. The molecule has 152 valence electrons. The van der Waals surface area contributed by atoms with Gasteiger partial charge in [-0.2, -0.15) is 0 Å². The van der Waals surface area contributed by atoms with E-state index in [0.29, 0.717) is 5.92 Å². The van der Waals surface area contributed by atoms with E-state index in [4.69, 9.17) is 4.79 Å². The van der Waals surface area contributed by atoms with E-state index in [0.717, 1.165) is 42.0 Å². The fourth-order valence-electron chi connectivity index (χ4n) is 3.22. The number of hydrogen-bond acceptors (Lipinski definition) is 3. The van der Waals surface area contributed by atoms with Crippen molar-refractivity contribution in [1.82, 2.24) is 4.98 Å². The fourth-order valence-corrected chi connectivity index (χ4v) is 3.22. The van der Waals surface area contributed by atoms with E-state index in [1.807, 2.05) is 13.0 Å². The highest BCUT2D eigenvalue weighted by molar-refractivity contribution is 5.76. The molecular weight excluding hydrogens is 358 g/mol. The van der Waals surface area contributed by atoms with E-state index >= 15 is 0 Å². The smallest absolute Gasteiger partial charge is 0.204 e. The summed E-state index contributed by atoms with van der Waals surface area (Å²) < 4.78 is 0. The van der Waals surface area contributed by atoms with Gasteiger partial charge in [0.25, 0.3) is 0 Å². The molecule has 0 bridgehead atoms. The van der Waals surface area contributed by atoms with Gasteiger partial charge in [-0.1, -0.05) is 49.9 Å². The van der Waals surface area contributed by atoms with E-state index in [9.17, 15) is 0 Å². The van der Waals surface area contributed by atoms with Gasteiger partial charge in [0.1, 0.15) is 0 Å². The second-order valence-electron chi connectivity index (χ2n) is 7.44. The van der Waals surface area contributed by atoms with Crippen LogP contribution >= 0.6 is 0 Å². The summed E-state index contributed by atoms with van der Waals surface area (Å²) in [5, 5.41) is 3.62. The molecular formula is C25H31N3O. The zero-order valence-corrected chi connectivity index (χ0v) is 17.6. The van der Waals surface area contributed by atoms with Crippen LogP contribution in [0.15, 0.2) is 66.8 Å². The van der Waals surface area contributed by atoms with Gasteiger partial charge in [-0.15, -0.1) is 0 Å². The molecule has 1 heterocycles. The molecule has 1 aromatic carbocycles. The number of allylic oxidation sites excluding steroid dienone is 3. The number of rotatable bonds is 6. The number of nitrogens with one attached hydrogen (secondary N) is 1. The molecule has 3 rings (SSSR count). The number of nitrogens with zero attached hydrogens (tertiary/aromatic N) is 1. The SMILES string of the molecule is C=C(Cc1cccc(C)n1)c1ccc(C)cc1NCC1=CCC(C)C=C1.NC=O. The number of aromatic nitrogens is 1. The summed E-state index contributed by atoms with van der Waals surface area (Å²) in [6.07, 6.45) is 9.00. The molecule has 0 saturated carbocycles. The maximum atomic E-state index is 8.58. The van der Waals surface area contributed by atoms with E-state index in [-0.39, 0.29) is 6.41 Å². The van der Waals surface area contributed by atoms with E-state index in [1.165, 1.54) is 16.7 Å². The number of benzene rings is 1. The van der Waals surface area contributed by atoms with Crippen molar-refractivity contribution in [3.8, 4) is 0 Å². The van der Waals surface area contributed by atoms with E-state index < -0.39 is 0 Å². The first-order chi connectivity index (χ1) is 13.9. The zero-order valence-electron chi connectivity index (χ0n) is 17.6. The zero-order chi connectivity index (χ0) is 21.2. The number of hydrogen-bond donors (Lipinski definition) is 2. The minimum absolute atomic E-state index is 0.250. The quantitative estimate of drug-likeness (QED) is 0.684. The summed E-state index contributed by atoms with van der Waals surface area (Å²) in [5.41, 5.74) is 12.3. The van der Waals surface area contributed by atoms with Gasteiger partial charge in [-0.3, -0.25) is 9.78 Å². The van der Waals surface area contributed by atoms with Gasteiger partial charge in [0, 0.05) is 35.6 Å². The Morgan fingerprint density at radius 3 is 2.72 bits per heavy atom. The third-order valence-corrected chi connectivity index (χ3v) is 4.77. The Morgan fingerprint density at radius 1 is 1.31 bits per heavy atom. The molecule has 3 N–H and O–H groups in total. The summed E-state index contributed by atoms with van der Waals surface area (Å²) in [6, 6.07) is 12.7. The molecule has 1 amide bonds. The Hall–Kier alpha value is -3.14. The van der Waals surface area contributed by atoms with Gasteiger partial charge in [0.2, 0.25) is 6.41 Å². The van der Waals surface area contributed by atoms with Crippen LogP contribution < -0.4 is 11.1 Å². The van der Waals surface area contributed by atoms with Crippen molar-refractivity contribution in [3.05, 3.63) is 89.3 Å². The van der Waals surface area contributed by atoms with E-state index in [2.05, 4.69) is 85.0 Å². The normalized spacial score (nSPS) is 15.0. The van der Waals surface area contributed by atoms with Crippen LogP contribution in [0.25, 0.3) is 5.57 Å². The van der Waals surface area contributed by atoms with Crippen LogP contribution in [0.2, 0.25) is 0 Å². The van der Waals surface area contributed by atoms with Crippen molar-refractivity contribution in [1.29, 1.82) is 0 Å². The molecule has 0 saturated heterocycles. The maximum absolute atomic E-state index is 8.58. The predicted molar refractivity (Wildman–Crippen MR) is 123 cm³/mol. The lowest BCUT2D eigenvalue weighted by Gasteiger charge is -2.17. The highest BCUT2D eigenvalue weighted by Crippen LogP contribution is 2.27. The first kappa shape index (κ1) is 22.2. The first-order valence-electron chi connectivity index (χ1n) is 9.90. The molecule has 1 aliphatic carbocycles. The predicted octanol–water partition coefficient (Wildman–Crippen LogP) is 4.99. The third-order valence-electron chi connectivity index (χ3n) is 4.77. The second kappa shape index (κ2) is 11.0. The van der Waals surface area contributed by atoms with Crippen molar-refractivity contribution in [2.24, 2.45) is 11.7 Å². The van der Waals surface area contributed by atoms with E-state index in [1.54, 1.807) is 0 Å². The summed E-state index contributed by atoms with van der Waals surface area (Å²) in [4.78, 5) is 13.2. The Kier molecular flexibility index (Phi) is 8.41. The number of nitrogens with two attached hydrogens (primary N) is 1. The molecule has 0 aliphatic heterocycles. The molecule has 0 radical (unpaired) electrons. The Balaban J connectivity index is 0.000000941. The van der Waals surface area contributed by atoms with Gasteiger partial charge in [0.05, 0.1) is 0 Å². The average molecular weight is 390 g/mol. The molecule has 0 fully saturated rings. The average Bonchev–Trinajstić information content (AvgIpc) is 2.68. The summed E-state index contributed by atoms with van der Waals surface area (Å²) in [6.45, 7) is 11.6. The van der Waals surface area contributed by atoms with Crippen molar-refractivity contribution in [3.63, 3.8) is 0 Å². The van der Waals surface area contributed by atoms with Crippen molar-refractivity contribution in [2.75, 3.05) is 11.9 Å². The maximum Gasteiger partial charge on any atom is 0.204 e. The van der Waals surface area contributed by atoms with Gasteiger partial charge in [-0.05, 0) is 61.1 Å². The number of carbonyl (C=O) groups excluding carboxylic acids is 1. The highest BCUT2D eigenvalue weighted by atomic mass is 16.1. The lowest BCUT2D eigenvalue weighted by Crippen LogP contribution is -2.08. The van der Waals surface area contributed by atoms with Gasteiger partial charge in [-0.25, -0.2) is 0 Å². The van der Waals surface area contributed by atoms with Crippen molar-refractivity contribution in [2.45, 2.75) is 33.6 Å². The molecule has 4 heteroatoms. The highest BCUT2D eigenvalue weighted by Gasteiger charge is 2.10. The molecule has 0 spiro atoms. The third kappa shape index (κ3) is 7.07. The van der Waals surface area contributed by atoms with Crippen LogP contribution in [0.3, 0.4) is 0 Å². The summed E-state index contributed by atoms with van der Waals surface area (Å²) >= 11 is 0. The number of aryl methyl sites for hydroxylation is 2. The van der Waals surface area contributed by atoms with Crippen molar-refractivity contribution >= 4 is 17.7 Å². The van der Waals surface area contributed by atoms with Gasteiger partial charge >= 0.3 is 0 Å². The van der Waals surface area contributed by atoms with Crippen LogP contribution in [-0.2, 0) is 11.2 Å². The Labute approximate surface area is 174 Å². The van der Waals surface area contributed by atoms with Crippen LogP contribution in [-0.4, -0.2) is 17.9 Å². The van der Waals surface area contributed by atoms with Gasteiger partial charge in [0.15, 0.2) is 0 Å². The monoisotopic (exact) mass is 389 g/mol. The number of pyridine rings is 1. The minimum Gasteiger partial charge on any atom is -0.380 e. The Morgan fingerprint density at radius 2 is 2.07 bits per heavy atom. The number of carbonyl (C=O) groups is 1. The molecule has 1 atom stereocenters. The molecule has 1 aliphatic rings. The molecule has 29 heavy (non-hydrogen) atoms. The lowest BCUT2D eigenvalue weighted by atomic mass is 9.97. The number of amides is 1. The number of anilines is 1. The molecule has 1 aromatic heterocycles. The minimum atomic E-state index is 0.250. The molecule has 2 aromatic rings. The summed E-state index contributed by atoms with van der Waals surface area (Å²) in [5.74, 6) is 0.648. The standard InChI is InChI=1S/C24H28N2.CH3NO/c1-17-8-11-21(12-9-17)16-25-24-14-18(2)10-13-23(24)19(3)15-22-7-5-6-20(4)26-22;2-1-3/h5-8,10-14,17,25H,3,9,15-16H2,1-2,4H3;1H,(H2,2,3). The van der Waals surface area contributed by atoms with Gasteiger partial charge < -0.3 is 11.1 Å². The topological polar surface area (TPSA) is 68.0 Å². The molecule has 4 nitrogen and oxygen atoms in total. The van der Waals surface area contributed by atoms with Crippen LogP contribution in [0.4, 0.5) is 5.69 Å². The summed E-state index contributed by atoms with van der Waals surface area (Å²) in [7, 11) is 0. The largest absolute Gasteiger partial charge is 0.380 e. The van der Waals surface area contributed by atoms with Crippen LogP contribution in [0.1, 0.15) is 35.9 Å².